The lowest BCUT2D eigenvalue weighted by Gasteiger charge is -2.33. The summed E-state index contributed by atoms with van der Waals surface area (Å²) in [6.07, 6.45) is 9.22. The molecule has 2 aliphatic rings. The van der Waals surface area contributed by atoms with Crippen molar-refractivity contribution in [2.75, 3.05) is 36.4 Å². The molecule has 3 N–H and O–H groups in total. The summed E-state index contributed by atoms with van der Waals surface area (Å²) >= 11 is 0. The number of nitrogens with zero attached hydrogens (tertiary/aromatic N) is 4. The van der Waals surface area contributed by atoms with E-state index in [-0.39, 0.29) is 0 Å². The fourth-order valence-corrected chi connectivity index (χ4v) is 4.45. The summed E-state index contributed by atoms with van der Waals surface area (Å²) in [5.41, 5.74) is 1.71. The van der Waals surface area contributed by atoms with Gasteiger partial charge in [0.1, 0.15) is 5.82 Å². The van der Waals surface area contributed by atoms with Crippen molar-refractivity contribution < 1.29 is 10.0 Å². The van der Waals surface area contributed by atoms with Crippen molar-refractivity contribution >= 4 is 24.3 Å². The summed E-state index contributed by atoms with van der Waals surface area (Å²) in [7, 11) is -1.41. The van der Waals surface area contributed by atoms with E-state index in [1.54, 1.807) is 12.1 Å². The summed E-state index contributed by atoms with van der Waals surface area (Å²) in [5.74, 6) is 1.76. The van der Waals surface area contributed by atoms with Crippen molar-refractivity contribution in [3.63, 3.8) is 0 Å². The van der Waals surface area contributed by atoms with Crippen LogP contribution in [0.3, 0.4) is 0 Å². The molecule has 0 amide bonds. The molecule has 1 aromatic carbocycles. The van der Waals surface area contributed by atoms with Crippen LogP contribution in [-0.4, -0.2) is 64.3 Å². The van der Waals surface area contributed by atoms with Crippen LogP contribution in [0, 0.1) is 0 Å². The Morgan fingerprint density at radius 2 is 1.73 bits per heavy atom. The van der Waals surface area contributed by atoms with Gasteiger partial charge in [-0.25, -0.2) is 4.98 Å². The van der Waals surface area contributed by atoms with Crippen molar-refractivity contribution in [1.29, 1.82) is 0 Å². The van der Waals surface area contributed by atoms with E-state index in [1.165, 1.54) is 31.2 Å². The zero-order valence-electron chi connectivity index (χ0n) is 17.6. The first-order valence-electron chi connectivity index (χ1n) is 11.2. The van der Waals surface area contributed by atoms with Crippen molar-refractivity contribution in [2.24, 2.45) is 0 Å². The van der Waals surface area contributed by atoms with Crippen molar-refractivity contribution in [3.05, 3.63) is 42.1 Å². The quantitative estimate of drug-likeness (QED) is 0.626. The highest BCUT2D eigenvalue weighted by molar-refractivity contribution is 6.58. The van der Waals surface area contributed by atoms with Crippen LogP contribution in [0.2, 0.25) is 0 Å². The minimum Gasteiger partial charge on any atom is -0.423 e. The summed E-state index contributed by atoms with van der Waals surface area (Å²) in [4.78, 5) is 14.1. The van der Waals surface area contributed by atoms with E-state index < -0.39 is 7.12 Å². The second-order valence-electron chi connectivity index (χ2n) is 8.47. The number of anilines is 2. The number of hydrogen-bond acceptors (Lipinski definition) is 7. The minimum atomic E-state index is -1.41. The van der Waals surface area contributed by atoms with E-state index in [4.69, 9.17) is 4.98 Å². The number of benzene rings is 1. The van der Waals surface area contributed by atoms with Crippen LogP contribution in [0.15, 0.2) is 36.5 Å². The van der Waals surface area contributed by atoms with E-state index in [1.807, 2.05) is 24.4 Å². The Labute approximate surface area is 179 Å². The van der Waals surface area contributed by atoms with Gasteiger partial charge in [-0.2, -0.15) is 4.98 Å². The summed E-state index contributed by atoms with van der Waals surface area (Å²) < 4.78 is 0. The van der Waals surface area contributed by atoms with Gasteiger partial charge in [0.15, 0.2) is 0 Å². The average molecular weight is 409 g/mol. The van der Waals surface area contributed by atoms with Crippen molar-refractivity contribution in [1.82, 2.24) is 14.9 Å². The molecule has 30 heavy (non-hydrogen) atoms. The van der Waals surface area contributed by atoms with Crippen LogP contribution in [0.1, 0.15) is 44.1 Å². The van der Waals surface area contributed by atoms with Crippen LogP contribution < -0.4 is 15.7 Å². The molecule has 160 valence electrons. The zero-order chi connectivity index (χ0) is 20.8. The third-order valence-electron chi connectivity index (χ3n) is 6.09. The van der Waals surface area contributed by atoms with Crippen LogP contribution >= 0.6 is 0 Å². The number of aromatic nitrogens is 2. The van der Waals surface area contributed by atoms with Crippen molar-refractivity contribution in [3.8, 4) is 0 Å². The SMILES string of the molecule is OB(O)c1ccc(CN2CCCC(Nc3nccc(N4CCCCCC4)n3)C2)cc1. The second-order valence-corrected chi connectivity index (χ2v) is 8.47. The molecular formula is C22H32BN5O2. The van der Waals surface area contributed by atoms with Gasteiger partial charge in [-0.1, -0.05) is 37.1 Å². The van der Waals surface area contributed by atoms with E-state index in [0.717, 1.165) is 57.3 Å². The maximum atomic E-state index is 9.25. The fourth-order valence-electron chi connectivity index (χ4n) is 4.45. The van der Waals surface area contributed by atoms with Gasteiger partial charge < -0.3 is 20.3 Å². The maximum absolute atomic E-state index is 9.25. The lowest BCUT2D eigenvalue weighted by molar-refractivity contribution is 0.208. The highest BCUT2D eigenvalue weighted by atomic mass is 16.4. The maximum Gasteiger partial charge on any atom is 0.488 e. The summed E-state index contributed by atoms with van der Waals surface area (Å²) in [5, 5.41) is 22.1. The van der Waals surface area contributed by atoms with Crippen LogP contribution in [0.5, 0.6) is 0 Å². The molecule has 2 aromatic rings. The van der Waals surface area contributed by atoms with Gasteiger partial charge >= 0.3 is 7.12 Å². The molecule has 1 atom stereocenters. The minimum absolute atomic E-state index is 0.330. The molecule has 2 saturated heterocycles. The molecule has 8 heteroatoms. The lowest BCUT2D eigenvalue weighted by Crippen LogP contribution is -2.42. The van der Waals surface area contributed by atoms with Gasteiger partial charge in [0.2, 0.25) is 5.95 Å². The average Bonchev–Trinajstić information content (AvgIpc) is 3.04. The monoisotopic (exact) mass is 409 g/mol. The first-order valence-corrected chi connectivity index (χ1v) is 11.2. The number of rotatable bonds is 6. The van der Waals surface area contributed by atoms with Gasteiger partial charge in [-0.15, -0.1) is 0 Å². The first kappa shape index (κ1) is 21.1. The molecule has 4 rings (SSSR count). The normalized spacial score (nSPS) is 20.6. The Hall–Kier alpha value is -2.16. The largest absolute Gasteiger partial charge is 0.488 e. The Morgan fingerprint density at radius 3 is 2.47 bits per heavy atom. The smallest absolute Gasteiger partial charge is 0.423 e. The van der Waals surface area contributed by atoms with Crippen LogP contribution in [0.4, 0.5) is 11.8 Å². The number of hydrogen-bond donors (Lipinski definition) is 3. The predicted octanol–water partition coefficient (Wildman–Crippen LogP) is 1.61. The molecule has 2 fully saturated rings. The van der Waals surface area contributed by atoms with E-state index in [0.29, 0.717) is 11.5 Å². The van der Waals surface area contributed by atoms with Gasteiger partial charge in [0.25, 0.3) is 0 Å². The van der Waals surface area contributed by atoms with Crippen LogP contribution in [-0.2, 0) is 6.54 Å². The van der Waals surface area contributed by atoms with Gasteiger partial charge in [-0.3, -0.25) is 4.90 Å². The Balaban J connectivity index is 1.34. The van der Waals surface area contributed by atoms with E-state index in [2.05, 4.69) is 20.1 Å². The molecular weight excluding hydrogens is 377 g/mol. The third-order valence-corrected chi connectivity index (χ3v) is 6.09. The summed E-state index contributed by atoms with van der Waals surface area (Å²) in [6, 6.07) is 9.86. The molecule has 0 aliphatic carbocycles. The number of nitrogens with one attached hydrogen (secondary N) is 1. The number of likely N-dealkylation sites (tertiary alicyclic amines) is 1. The molecule has 0 radical (unpaired) electrons. The van der Waals surface area contributed by atoms with E-state index >= 15 is 0 Å². The molecule has 0 bridgehead atoms. The molecule has 2 aliphatic heterocycles. The molecule has 3 heterocycles. The topological polar surface area (TPSA) is 84.8 Å². The molecule has 7 nitrogen and oxygen atoms in total. The lowest BCUT2D eigenvalue weighted by atomic mass is 9.80. The highest BCUT2D eigenvalue weighted by Gasteiger charge is 2.21. The molecule has 1 unspecified atom stereocenters. The molecule has 1 aromatic heterocycles. The number of piperidine rings is 1. The predicted molar refractivity (Wildman–Crippen MR) is 121 cm³/mol. The zero-order valence-corrected chi connectivity index (χ0v) is 17.6. The molecule has 0 spiro atoms. The Bertz CT molecular complexity index is 796. The Kier molecular flexibility index (Phi) is 7.20. The third kappa shape index (κ3) is 5.71. The second kappa shape index (κ2) is 10.2. The Morgan fingerprint density at radius 1 is 0.967 bits per heavy atom. The van der Waals surface area contributed by atoms with Crippen LogP contribution in [0.25, 0.3) is 0 Å². The standard InChI is InChI=1S/C22H32BN5O2/c29-23(30)19-9-7-18(8-10-19)16-27-13-5-6-20(17-27)25-22-24-12-11-21(26-22)28-14-3-1-2-4-15-28/h7-12,20,29-30H,1-6,13-17H2,(H,24,25,26). The van der Waals surface area contributed by atoms with E-state index in [9.17, 15) is 10.0 Å². The summed E-state index contributed by atoms with van der Waals surface area (Å²) in [6.45, 7) is 5.03. The fraction of sp³-hybridized carbons (Fsp3) is 0.545. The first-order chi connectivity index (χ1) is 14.7. The highest BCUT2D eigenvalue weighted by Crippen LogP contribution is 2.20. The van der Waals surface area contributed by atoms with Gasteiger partial charge in [0.05, 0.1) is 0 Å². The van der Waals surface area contributed by atoms with Crippen molar-refractivity contribution in [2.45, 2.75) is 51.1 Å². The van der Waals surface area contributed by atoms with Gasteiger partial charge in [-0.05, 0) is 49.3 Å². The van der Waals surface area contributed by atoms with Gasteiger partial charge in [0, 0.05) is 38.4 Å². The molecule has 0 saturated carbocycles.